The Morgan fingerprint density at radius 2 is 1.73 bits per heavy atom. The number of ether oxygens (including phenoxy) is 3. The molecule has 1 unspecified atom stereocenters. The van der Waals surface area contributed by atoms with E-state index in [4.69, 9.17) is 25.7 Å². The SMILES string of the molecule is COC(C)(OC)OC(c1ccccc1)c1cnc(N)nc1N. The van der Waals surface area contributed by atoms with E-state index in [9.17, 15) is 0 Å². The lowest BCUT2D eigenvalue weighted by Crippen LogP contribution is -2.35. The highest BCUT2D eigenvalue weighted by atomic mass is 16.9. The number of anilines is 2. The van der Waals surface area contributed by atoms with E-state index in [0.717, 1.165) is 5.56 Å². The monoisotopic (exact) mass is 304 g/mol. The van der Waals surface area contributed by atoms with Crippen LogP contribution in [0.5, 0.6) is 0 Å². The predicted molar refractivity (Wildman–Crippen MR) is 82.6 cm³/mol. The fraction of sp³-hybridized carbons (Fsp3) is 0.333. The van der Waals surface area contributed by atoms with Gasteiger partial charge in [0.25, 0.3) is 5.97 Å². The second kappa shape index (κ2) is 6.69. The quantitative estimate of drug-likeness (QED) is 0.782. The van der Waals surface area contributed by atoms with Crippen molar-refractivity contribution in [2.24, 2.45) is 0 Å². The van der Waals surface area contributed by atoms with Crippen LogP contribution >= 0.6 is 0 Å². The molecule has 2 rings (SSSR count). The zero-order chi connectivity index (χ0) is 16.2. The lowest BCUT2D eigenvalue weighted by atomic mass is 10.0. The molecule has 1 aromatic heterocycles. The van der Waals surface area contributed by atoms with Gasteiger partial charge in [-0.05, 0) is 5.56 Å². The van der Waals surface area contributed by atoms with Crippen LogP contribution in [0.15, 0.2) is 36.5 Å². The van der Waals surface area contributed by atoms with Gasteiger partial charge in [-0.25, -0.2) is 4.98 Å². The van der Waals surface area contributed by atoms with Crippen LogP contribution in [0.1, 0.15) is 24.2 Å². The van der Waals surface area contributed by atoms with Crippen molar-refractivity contribution in [1.82, 2.24) is 9.97 Å². The number of nitrogens with zero attached hydrogens (tertiary/aromatic N) is 2. The molecule has 0 saturated heterocycles. The van der Waals surface area contributed by atoms with Crippen LogP contribution in [-0.4, -0.2) is 30.2 Å². The zero-order valence-electron chi connectivity index (χ0n) is 12.8. The standard InChI is InChI=1S/C15H20N4O3/c1-15(20-2,21-3)22-12(10-7-5-4-6-8-10)11-9-18-14(17)19-13(11)16/h4-9,12H,1-3H3,(H4,16,17,18,19). The molecule has 0 amide bonds. The first-order valence-electron chi connectivity index (χ1n) is 6.70. The first-order valence-corrected chi connectivity index (χ1v) is 6.70. The number of hydrogen-bond donors (Lipinski definition) is 2. The maximum atomic E-state index is 5.98. The minimum Gasteiger partial charge on any atom is -0.383 e. The molecule has 1 aromatic carbocycles. The minimum atomic E-state index is -1.24. The van der Waals surface area contributed by atoms with Crippen molar-refractivity contribution < 1.29 is 14.2 Å². The summed E-state index contributed by atoms with van der Waals surface area (Å²) in [7, 11) is 2.99. The molecule has 0 aliphatic rings. The second-order valence-corrected chi connectivity index (χ2v) is 4.75. The van der Waals surface area contributed by atoms with Crippen molar-refractivity contribution >= 4 is 11.8 Å². The Labute approximate surface area is 129 Å². The molecule has 0 spiro atoms. The molecule has 2 aromatic rings. The maximum absolute atomic E-state index is 5.98. The molecule has 0 aliphatic heterocycles. The largest absolute Gasteiger partial charge is 0.383 e. The topological polar surface area (TPSA) is 106 Å². The zero-order valence-corrected chi connectivity index (χ0v) is 12.8. The van der Waals surface area contributed by atoms with Gasteiger partial charge in [0, 0.05) is 32.9 Å². The normalized spacial score (nSPS) is 13.0. The van der Waals surface area contributed by atoms with Crippen LogP contribution in [0.25, 0.3) is 0 Å². The Hall–Kier alpha value is -2.22. The molecule has 0 bridgehead atoms. The number of hydrogen-bond acceptors (Lipinski definition) is 7. The van der Waals surface area contributed by atoms with Gasteiger partial charge in [0.2, 0.25) is 5.95 Å². The summed E-state index contributed by atoms with van der Waals surface area (Å²) in [4.78, 5) is 7.98. The molecule has 118 valence electrons. The third-order valence-corrected chi connectivity index (χ3v) is 3.32. The molecule has 4 N–H and O–H groups in total. The van der Waals surface area contributed by atoms with Gasteiger partial charge in [-0.15, -0.1) is 0 Å². The van der Waals surface area contributed by atoms with Gasteiger partial charge >= 0.3 is 0 Å². The number of aromatic nitrogens is 2. The van der Waals surface area contributed by atoms with Crippen molar-refractivity contribution in [1.29, 1.82) is 0 Å². The van der Waals surface area contributed by atoms with Crippen LogP contribution in [-0.2, 0) is 14.2 Å². The van der Waals surface area contributed by atoms with Gasteiger partial charge in [-0.3, -0.25) is 0 Å². The summed E-state index contributed by atoms with van der Waals surface area (Å²) < 4.78 is 16.5. The highest BCUT2D eigenvalue weighted by Crippen LogP contribution is 2.33. The lowest BCUT2D eigenvalue weighted by Gasteiger charge is -2.31. The maximum Gasteiger partial charge on any atom is 0.280 e. The van der Waals surface area contributed by atoms with E-state index >= 15 is 0 Å². The number of methoxy groups -OCH3 is 2. The first kappa shape index (κ1) is 16.2. The van der Waals surface area contributed by atoms with Gasteiger partial charge in [-0.2, -0.15) is 4.98 Å². The van der Waals surface area contributed by atoms with E-state index in [1.165, 1.54) is 14.2 Å². The van der Waals surface area contributed by atoms with Crippen molar-refractivity contribution in [3.05, 3.63) is 47.7 Å². The Morgan fingerprint density at radius 3 is 2.27 bits per heavy atom. The summed E-state index contributed by atoms with van der Waals surface area (Å²) in [5.74, 6) is -0.890. The third kappa shape index (κ3) is 3.51. The van der Waals surface area contributed by atoms with Crippen LogP contribution in [0.4, 0.5) is 11.8 Å². The van der Waals surface area contributed by atoms with Gasteiger partial charge < -0.3 is 25.7 Å². The third-order valence-electron chi connectivity index (χ3n) is 3.32. The van der Waals surface area contributed by atoms with Crippen LogP contribution < -0.4 is 11.5 Å². The Bertz CT molecular complexity index is 617. The number of benzene rings is 1. The second-order valence-electron chi connectivity index (χ2n) is 4.75. The summed E-state index contributed by atoms with van der Waals surface area (Å²) in [6.45, 7) is 1.66. The van der Waals surface area contributed by atoms with Gasteiger partial charge in [0.05, 0.1) is 0 Å². The summed E-state index contributed by atoms with van der Waals surface area (Å²) >= 11 is 0. The van der Waals surface area contributed by atoms with Crippen LogP contribution in [0, 0.1) is 0 Å². The average Bonchev–Trinajstić information content (AvgIpc) is 2.54. The Balaban J connectivity index is 2.46. The number of rotatable bonds is 6. The Morgan fingerprint density at radius 1 is 1.09 bits per heavy atom. The molecular formula is C15H20N4O3. The molecule has 22 heavy (non-hydrogen) atoms. The molecule has 0 fully saturated rings. The van der Waals surface area contributed by atoms with Crippen molar-refractivity contribution in [2.45, 2.75) is 19.0 Å². The van der Waals surface area contributed by atoms with E-state index < -0.39 is 12.1 Å². The smallest absolute Gasteiger partial charge is 0.280 e. The molecule has 1 atom stereocenters. The summed E-state index contributed by atoms with van der Waals surface area (Å²) in [6, 6.07) is 9.53. The number of nitrogens with two attached hydrogens (primary N) is 2. The van der Waals surface area contributed by atoms with E-state index in [2.05, 4.69) is 9.97 Å². The molecule has 0 saturated carbocycles. The van der Waals surface area contributed by atoms with Gasteiger partial charge in [0.15, 0.2) is 0 Å². The summed E-state index contributed by atoms with van der Waals surface area (Å²) in [5, 5.41) is 0. The van der Waals surface area contributed by atoms with Crippen molar-refractivity contribution in [3.63, 3.8) is 0 Å². The fourth-order valence-electron chi connectivity index (χ4n) is 1.95. The lowest BCUT2D eigenvalue weighted by molar-refractivity contribution is -0.362. The minimum absolute atomic E-state index is 0.106. The molecule has 7 nitrogen and oxygen atoms in total. The van der Waals surface area contributed by atoms with E-state index in [-0.39, 0.29) is 11.8 Å². The predicted octanol–water partition coefficient (Wildman–Crippen LogP) is 1.71. The van der Waals surface area contributed by atoms with Gasteiger partial charge in [0.1, 0.15) is 11.9 Å². The van der Waals surface area contributed by atoms with Crippen molar-refractivity contribution in [3.8, 4) is 0 Å². The van der Waals surface area contributed by atoms with Gasteiger partial charge in [-0.1, -0.05) is 30.3 Å². The van der Waals surface area contributed by atoms with E-state index in [1.807, 2.05) is 30.3 Å². The van der Waals surface area contributed by atoms with Crippen LogP contribution in [0.2, 0.25) is 0 Å². The molecule has 1 heterocycles. The highest BCUT2D eigenvalue weighted by molar-refractivity contribution is 5.46. The Kier molecular flexibility index (Phi) is 4.92. The number of nitrogen functional groups attached to an aromatic ring is 2. The fourth-order valence-corrected chi connectivity index (χ4v) is 1.95. The molecular weight excluding hydrogens is 284 g/mol. The summed E-state index contributed by atoms with van der Waals surface area (Å²) in [6.07, 6.45) is 0.979. The van der Waals surface area contributed by atoms with Crippen molar-refractivity contribution in [2.75, 3.05) is 25.7 Å². The molecule has 7 heteroatoms. The molecule has 0 radical (unpaired) electrons. The average molecular weight is 304 g/mol. The summed E-state index contributed by atoms with van der Waals surface area (Å²) in [5.41, 5.74) is 13.0. The van der Waals surface area contributed by atoms with Crippen LogP contribution in [0.3, 0.4) is 0 Å². The first-order chi connectivity index (χ1) is 10.5. The van der Waals surface area contributed by atoms with E-state index in [1.54, 1.807) is 13.1 Å². The molecule has 0 aliphatic carbocycles. The van der Waals surface area contributed by atoms with E-state index in [0.29, 0.717) is 5.56 Å². The highest BCUT2D eigenvalue weighted by Gasteiger charge is 2.31.